The highest BCUT2D eigenvalue weighted by Crippen LogP contribution is 2.17. The molecule has 0 aliphatic rings. The van der Waals surface area contributed by atoms with Crippen molar-refractivity contribution < 1.29 is 9.47 Å². The van der Waals surface area contributed by atoms with Crippen LogP contribution < -0.4 is 9.47 Å². The summed E-state index contributed by atoms with van der Waals surface area (Å²) in [5.74, 6) is 2.72. The molecule has 2 nitrogen and oxygen atoms in total. The largest absolute Gasteiger partial charge is 0.497 e. The van der Waals surface area contributed by atoms with Gasteiger partial charge in [-0.3, -0.25) is 0 Å². The van der Waals surface area contributed by atoms with E-state index >= 15 is 0 Å². The van der Waals surface area contributed by atoms with Gasteiger partial charge in [-0.25, -0.2) is 0 Å². The quantitative estimate of drug-likeness (QED) is 0.568. The molecule has 1 aromatic rings. The standard InChI is InChI=1S/C12H18O2S/c1-13-11-5-7-12(8-6-11)14-9-3-2-4-10-15/h5-8,15H,2-4,9-10H2,1H3. The monoisotopic (exact) mass is 226 g/mol. The molecule has 0 saturated heterocycles. The molecule has 0 amide bonds. The molecular formula is C12H18O2S. The van der Waals surface area contributed by atoms with Gasteiger partial charge in [0.2, 0.25) is 0 Å². The Kier molecular flexibility index (Phi) is 6.09. The van der Waals surface area contributed by atoms with Crippen molar-refractivity contribution in [1.29, 1.82) is 0 Å². The molecule has 0 aliphatic heterocycles. The lowest BCUT2D eigenvalue weighted by atomic mass is 10.2. The van der Waals surface area contributed by atoms with E-state index < -0.39 is 0 Å². The van der Waals surface area contributed by atoms with E-state index in [2.05, 4.69) is 12.6 Å². The minimum atomic E-state index is 0.778. The first-order valence-corrected chi connectivity index (χ1v) is 5.88. The van der Waals surface area contributed by atoms with Crippen LogP contribution in [0.15, 0.2) is 24.3 Å². The maximum Gasteiger partial charge on any atom is 0.119 e. The Hall–Kier alpha value is -0.830. The van der Waals surface area contributed by atoms with E-state index in [0.717, 1.165) is 36.7 Å². The minimum Gasteiger partial charge on any atom is -0.497 e. The van der Waals surface area contributed by atoms with Gasteiger partial charge >= 0.3 is 0 Å². The summed E-state index contributed by atoms with van der Waals surface area (Å²) < 4.78 is 10.6. The second-order valence-electron chi connectivity index (χ2n) is 3.31. The van der Waals surface area contributed by atoms with Gasteiger partial charge in [0.25, 0.3) is 0 Å². The first kappa shape index (κ1) is 12.2. The molecule has 1 aromatic carbocycles. The number of ether oxygens (including phenoxy) is 2. The lowest BCUT2D eigenvalue weighted by Gasteiger charge is -2.06. The van der Waals surface area contributed by atoms with Crippen LogP contribution in [0.25, 0.3) is 0 Å². The van der Waals surface area contributed by atoms with Crippen LogP contribution in [0.1, 0.15) is 19.3 Å². The Morgan fingerprint density at radius 1 is 1.00 bits per heavy atom. The lowest BCUT2D eigenvalue weighted by Crippen LogP contribution is -1.97. The molecular weight excluding hydrogens is 208 g/mol. The minimum absolute atomic E-state index is 0.778. The predicted octanol–water partition coefficient (Wildman–Crippen LogP) is 3.17. The fourth-order valence-electron chi connectivity index (χ4n) is 1.25. The second kappa shape index (κ2) is 7.46. The van der Waals surface area contributed by atoms with Crippen molar-refractivity contribution in [1.82, 2.24) is 0 Å². The molecule has 0 aliphatic carbocycles. The van der Waals surface area contributed by atoms with Gasteiger partial charge in [-0.15, -0.1) is 0 Å². The van der Waals surface area contributed by atoms with Gasteiger partial charge < -0.3 is 9.47 Å². The van der Waals surface area contributed by atoms with E-state index in [-0.39, 0.29) is 0 Å². The first-order valence-electron chi connectivity index (χ1n) is 5.24. The summed E-state index contributed by atoms with van der Waals surface area (Å²) in [6, 6.07) is 7.67. The molecule has 0 spiro atoms. The Morgan fingerprint density at radius 3 is 2.27 bits per heavy atom. The Balaban J connectivity index is 2.20. The van der Waals surface area contributed by atoms with E-state index in [4.69, 9.17) is 9.47 Å². The zero-order valence-electron chi connectivity index (χ0n) is 9.11. The number of unbranched alkanes of at least 4 members (excludes halogenated alkanes) is 2. The second-order valence-corrected chi connectivity index (χ2v) is 3.76. The van der Waals surface area contributed by atoms with Crippen LogP contribution in [0.5, 0.6) is 11.5 Å². The molecule has 0 radical (unpaired) electrons. The van der Waals surface area contributed by atoms with Crippen molar-refractivity contribution in [3.8, 4) is 11.5 Å². The molecule has 3 heteroatoms. The molecule has 0 bridgehead atoms. The number of thiol groups is 1. The zero-order valence-corrected chi connectivity index (χ0v) is 10.0. The van der Waals surface area contributed by atoms with E-state index in [1.807, 2.05) is 24.3 Å². The third kappa shape index (κ3) is 4.98. The normalized spacial score (nSPS) is 10.0. The highest BCUT2D eigenvalue weighted by atomic mass is 32.1. The predicted molar refractivity (Wildman–Crippen MR) is 66.2 cm³/mol. The van der Waals surface area contributed by atoms with Crippen molar-refractivity contribution in [2.75, 3.05) is 19.5 Å². The molecule has 0 saturated carbocycles. The van der Waals surface area contributed by atoms with Crippen molar-refractivity contribution in [3.63, 3.8) is 0 Å². The van der Waals surface area contributed by atoms with Crippen molar-refractivity contribution >= 4 is 12.6 Å². The van der Waals surface area contributed by atoms with Crippen LogP contribution in [0.4, 0.5) is 0 Å². The Labute approximate surface area is 97.0 Å². The van der Waals surface area contributed by atoms with E-state index in [9.17, 15) is 0 Å². The summed E-state index contributed by atoms with van der Waals surface area (Å²) in [7, 11) is 1.66. The van der Waals surface area contributed by atoms with Gasteiger partial charge in [0.1, 0.15) is 11.5 Å². The molecule has 15 heavy (non-hydrogen) atoms. The maximum atomic E-state index is 5.57. The number of rotatable bonds is 7. The molecule has 0 heterocycles. The SMILES string of the molecule is COc1ccc(OCCCCCS)cc1. The van der Waals surface area contributed by atoms with Crippen LogP contribution in [-0.4, -0.2) is 19.5 Å². The average molecular weight is 226 g/mol. The summed E-state index contributed by atoms with van der Waals surface area (Å²) in [6.07, 6.45) is 3.43. The molecule has 84 valence electrons. The average Bonchev–Trinajstić information content (AvgIpc) is 2.30. The summed E-state index contributed by atoms with van der Waals surface area (Å²) in [4.78, 5) is 0. The van der Waals surface area contributed by atoms with Gasteiger partial charge in [0.05, 0.1) is 13.7 Å². The third-order valence-corrected chi connectivity index (χ3v) is 2.45. The number of methoxy groups -OCH3 is 1. The van der Waals surface area contributed by atoms with Crippen LogP contribution in [0, 0.1) is 0 Å². The van der Waals surface area contributed by atoms with E-state index in [1.54, 1.807) is 7.11 Å². The third-order valence-electron chi connectivity index (χ3n) is 2.13. The van der Waals surface area contributed by atoms with Crippen LogP contribution in [0.3, 0.4) is 0 Å². The van der Waals surface area contributed by atoms with Crippen LogP contribution in [-0.2, 0) is 0 Å². The highest BCUT2D eigenvalue weighted by Gasteiger charge is 1.94. The first-order chi connectivity index (χ1) is 7.36. The molecule has 0 unspecified atom stereocenters. The lowest BCUT2D eigenvalue weighted by molar-refractivity contribution is 0.306. The van der Waals surface area contributed by atoms with Gasteiger partial charge in [0, 0.05) is 0 Å². The number of benzene rings is 1. The van der Waals surface area contributed by atoms with E-state index in [1.165, 1.54) is 6.42 Å². The van der Waals surface area contributed by atoms with Gasteiger partial charge in [-0.1, -0.05) is 0 Å². The molecule has 0 atom stereocenters. The smallest absolute Gasteiger partial charge is 0.119 e. The number of hydrogen-bond acceptors (Lipinski definition) is 3. The topological polar surface area (TPSA) is 18.5 Å². The van der Waals surface area contributed by atoms with Gasteiger partial charge in [0.15, 0.2) is 0 Å². The summed E-state index contributed by atoms with van der Waals surface area (Å²) in [6.45, 7) is 0.778. The number of hydrogen-bond donors (Lipinski definition) is 1. The van der Waals surface area contributed by atoms with Crippen LogP contribution in [0.2, 0.25) is 0 Å². The van der Waals surface area contributed by atoms with Crippen LogP contribution >= 0.6 is 12.6 Å². The molecule has 0 N–H and O–H groups in total. The summed E-state index contributed by atoms with van der Waals surface area (Å²) in [5, 5.41) is 0. The summed E-state index contributed by atoms with van der Waals surface area (Å²) in [5.41, 5.74) is 0. The maximum absolute atomic E-state index is 5.57. The Morgan fingerprint density at radius 2 is 1.67 bits per heavy atom. The fraction of sp³-hybridized carbons (Fsp3) is 0.500. The van der Waals surface area contributed by atoms with Crippen molar-refractivity contribution in [2.45, 2.75) is 19.3 Å². The summed E-state index contributed by atoms with van der Waals surface area (Å²) >= 11 is 4.16. The molecule has 1 rings (SSSR count). The zero-order chi connectivity index (χ0) is 10.9. The highest BCUT2D eigenvalue weighted by molar-refractivity contribution is 7.80. The Bertz CT molecular complexity index is 259. The van der Waals surface area contributed by atoms with Crippen molar-refractivity contribution in [2.24, 2.45) is 0 Å². The fourth-order valence-corrected chi connectivity index (χ4v) is 1.48. The van der Waals surface area contributed by atoms with Crippen molar-refractivity contribution in [3.05, 3.63) is 24.3 Å². The molecule has 0 aromatic heterocycles. The molecule has 0 fully saturated rings. The van der Waals surface area contributed by atoms with Gasteiger partial charge in [-0.2, -0.15) is 12.6 Å². The van der Waals surface area contributed by atoms with E-state index in [0.29, 0.717) is 0 Å². The van der Waals surface area contributed by atoms with Gasteiger partial charge in [-0.05, 0) is 49.3 Å².